The van der Waals surface area contributed by atoms with Crippen LogP contribution in [0.25, 0.3) is 0 Å². The average Bonchev–Trinajstić information content (AvgIpc) is 2.66. The summed E-state index contributed by atoms with van der Waals surface area (Å²) in [4.78, 5) is 34.8. The van der Waals surface area contributed by atoms with Gasteiger partial charge in [0.05, 0.1) is 4.92 Å². The van der Waals surface area contributed by atoms with E-state index in [1.54, 1.807) is 19.9 Å². The van der Waals surface area contributed by atoms with Crippen molar-refractivity contribution in [1.82, 2.24) is 4.90 Å². The zero-order valence-electron chi connectivity index (χ0n) is 11.0. The Bertz CT molecular complexity index is 637. The quantitative estimate of drug-likeness (QED) is 0.511. The average molecular weight is 275 g/mol. The molecule has 0 bridgehead atoms. The molecule has 2 rings (SSSR count). The van der Waals surface area contributed by atoms with Gasteiger partial charge in [-0.2, -0.15) is 0 Å². The topological polar surface area (TPSA) is 92.6 Å². The van der Waals surface area contributed by atoms with E-state index in [1.807, 2.05) is 0 Å². The number of hydrogen-bond donors (Lipinski definition) is 1. The number of amides is 2. The van der Waals surface area contributed by atoms with E-state index >= 15 is 0 Å². The Labute approximate surface area is 115 Å². The van der Waals surface area contributed by atoms with Crippen LogP contribution in [0.15, 0.2) is 30.0 Å². The first-order valence-electron chi connectivity index (χ1n) is 6.03. The van der Waals surface area contributed by atoms with Crippen LogP contribution >= 0.6 is 0 Å². The molecule has 7 heteroatoms. The van der Waals surface area contributed by atoms with Crippen LogP contribution in [0.3, 0.4) is 0 Å². The molecule has 0 spiro atoms. The Balaban J connectivity index is 2.29. The molecule has 20 heavy (non-hydrogen) atoms. The summed E-state index contributed by atoms with van der Waals surface area (Å²) in [5.74, 6) is -0.813. The maximum Gasteiger partial charge on any atom is 0.277 e. The summed E-state index contributed by atoms with van der Waals surface area (Å²) < 4.78 is 0. The lowest BCUT2D eigenvalue weighted by molar-refractivity contribution is -0.384. The fraction of sp³-hybridized carbons (Fsp3) is 0.231. The van der Waals surface area contributed by atoms with Gasteiger partial charge >= 0.3 is 0 Å². The van der Waals surface area contributed by atoms with Crippen molar-refractivity contribution in [3.05, 3.63) is 45.6 Å². The molecule has 1 aromatic rings. The summed E-state index contributed by atoms with van der Waals surface area (Å²) in [5, 5.41) is 13.5. The second kappa shape index (κ2) is 5.12. The monoisotopic (exact) mass is 275 g/mol. The van der Waals surface area contributed by atoms with E-state index in [0.29, 0.717) is 5.69 Å². The van der Waals surface area contributed by atoms with Gasteiger partial charge in [0.2, 0.25) is 0 Å². The molecule has 1 aliphatic heterocycles. The van der Waals surface area contributed by atoms with Gasteiger partial charge in [-0.25, -0.2) is 0 Å². The predicted molar refractivity (Wildman–Crippen MR) is 71.9 cm³/mol. The van der Waals surface area contributed by atoms with Gasteiger partial charge < -0.3 is 5.32 Å². The van der Waals surface area contributed by atoms with Crippen molar-refractivity contribution >= 4 is 23.2 Å². The zero-order chi connectivity index (χ0) is 14.9. The minimum Gasteiger partial charge on any atom is -0.350 e. The first kappa shape index (κ1) is 13.7. The van der Waals surface area contributed by atoms with Gasteiger partial charge in [-0.15, -0.1) is 0 Å². The highest BCUT2D eigenvalue weighted by molar-refractivity contribution is 6.17. The van der Waals surface area contributed by atoms with E-state index in [-0.39, 0.29) is 23.8 Å². The summed E-state index contributed by atoms with van der Waals surface area (Å²) in [7, 11) is 0. The Hall–Kier alpha value is -2.70. The Kier molecular flexibility index (Phi) is 3.51. The summed E-state index contributed by atoms with van der Waals surface area (Å²) >= 11 is 0. The number of likely N-dealkylation sites (N-methyl/N-ethyl adjacent to an activating group) is 1. The number of imide groups is 1. The molecular formula is C13H13N3O4. The summed E-state index contributed by atoms with van der Waals surface area (Å²) in [6.45, 7) is 3.74. The molecule has 0 saturated carbocycles. The number of carbonyl (C=O) groups is 2. The van der Waals surface area contributed by atoms with Crippen molar-refractivity contribution in [1.29, 1.82) is 0 Å². The number of nitro benzene ring substituents is 1. The standard InChI is InChI=1S/C13H13N3O4/c1-3-15-12(17)7-11(13(15)18)14-10-6-9(16(19)20)5-4-8(10)2/h4-7,14H,3H2,1-2H3. The fourth-order valence-electron chi connectivity index (χ4n) is 1.90. The Morgan fingerprint density at radius 1 is 1.35 bits per heavy atom. The molecule has 7 nitrogen and oxygen atoms in total. The molecule has 1 heterocycles. The number of carbonyl (C=O) groups excluding carboxylic acids is 2. The number of nitro groups is 1. The first-order valence-corrected chi connectivity index (χ1v) is 6.03. The lowest BCUT2D eigenvalue weighted by Gasteiger charge is -2.13. The summed E-state index contributed by atoms with van der Waals surface area (Å²) in [6.07, 6.45) is 1.20. The highest BCUT2D eigenvalue weighted by Gasteiger charge is 2.30. The SMILES string of the molecule is CCN1C(=O)C=C(Nc2cc([N+](=O)[O-])ccc2C)C1=O. The Morgan fingerprint density at radius 3 is 2.60 bits per heavy atom. The van der Waals surface area contributed by atoms with Crippen LogP contribution in [-0.2, 0) is 9.59 Å². The minimum atomic E-state index is -0.515. The summed E-state index contributed by atoms with van der Waals surface area (Å²) in [6, 6.07) is 4.30. The molecule has 1 aliphatic rings. The second-order valence-electron chi connectivity index (χ2n) is 4.33. The van der Waals surface area contributed by atoms with Gasteiger partial charge in [0.1, 0.15) is 5.70 Å². The molecule has 1 aromatic carbocycles. The largest absolute Gasteiger partial charge is 0.350 e. The normalized spacial score (nSPS) is 14.5. The third-order valence-corrected chi connectivity index (χ3v) is 3.03. The number of nitrogens with zero attached hydrogens (tertiary/aromatic N) is 2. The van der Waals surface area contributed by atoms with Crippen molar-refractivity contribution in [3.8, 4) is 0 Å². The van der Waals surface area contributed by atoms with E-state index in [0.717, 1.165) is 10.5 Å². The number of rotatable bonds is 4. The molecule has 0 aromatic heterocycles. The number of aryl methyl sites for hydroxylation is 1. The number of anilines is 1. The molecule has 0 unspecified atom stereocenters. The van der Waals surface area contributed by atoms with Gasteiger partial charge in [0.15, 0.2) is 0 Å². The minimum absolute atomic E-state index is 0.0807. The second-order valence-corrected chi connectivity index (χ2v) is 4.33. The first-order chi connectivity index (χ1) is 9.43. The smallest absolute Gasteiger partial charge is 0.277 e. The van der Waals surface area contributed by atoms with Crippen molar-refractivity contribution in [3.63, 3.8) is 0 Å². The van der Waals surface area contributed by atoms with E-state index in [4.69, 9.17) is 0 Å². The fourth-order valence-corrected chi connectivity index (χ4v) is 1.90. The van der Waals surface area contributed by atoms with Gasteiger partial charge in [0, 0.05) is 30.4 Å². The van der Waals surface area contributed by atoms with Crippen molar-refractivity contribution in [2.75, 3.05) is 11.9 Å². The van der Waals surface area contributed by atoms with Gasteiger partial charge in [-0.1, -0.05) is 6.07 Å². The summed E-state index contributed by atoms with van der Waals surface area (Å²) in [5.41, 5.74) is 1.22. The van der Waals surface area contributed by atoms with Crippen LogP contribution < -0.4 is 5.32 Å². The van der Waals surface area contributed by atoms with Crippen molar-refractivity contribution in [2.45, 2.75) is 13.8 Å². The van der Waals surface area contributed by atoms with E-state index in [9.17, 15) is 19.7 Å². The molecule has 0 aliphatic carbocycles. The predicted octanol–water partition coefficient (Wildman–Crippen LogP) is 1.59. The molecule has 0 fully saturated rings. The molecule has 2 amide bonds. The number of hydrogen-bond acceptors (Lipinski definition) is 5. The third kappa shape index (κ3) is 2.37. The third-order valence-electron chi connectivity index (χ3n) is 3.03. The van der Waals surface area contributed by atoms with Crippen LogP contribution in [0.5, 0.6) is 0 Å². The molecular weight excluding hydrogens is 262 g/mol. The van der Waals surface area contributed by atoms with Gasteiger partial charge in [0.25, 0.3) is 17.5 Å². The lowest BCUT2D eigenvalue weighted by Crippen LogP contribution is -2.31. The molecule has 0 radical (unpaired) electrons. The Morgan fingerprint density at radius 2 is 2.05 bits per heavy atom. The highest BCUT2D eigenvalue weighted by atomic mass is 16.6. The number of non-ortho nitro benzene ring substituents is 1. The van der Waals surface area contributed by atoms with Crippen LogP contribution in [0.2, 0.25) is 0 Å². The molecule has 0 saturated heterocycles. The van der Waals surface area contributed by atoms with Crippen molar-refractivity contribution < 1.29 is 14.5 Å². The molecule has 104 valence electrons. The highest BCUT2D eigenvalue weighted by Crippen LogP contribution is 2.24. The zero-order valence-corrected chi connectivity index (χ0v) is 11.0. The lowest BCUT2D eigenvalue weighted by atomic mass is 10.1. The number of nitrogens with one attached hydrogen (secondary N) is 1. The van der Waals surface area contributed by atoms with Crippen LogP contribution in [0.4, 0.5) is 11.4 Å². The van der Waals surface area contributed by atoms with Crippen LogP contribution in [-0.4, -0.2) is 28.2 Å². The van der Waals surface area contributed by atoms with Gasteiger partial charge in [-0.3, -0.25) is 24.6 Å². The van der Waals surface area contributed by atoms with E-state index < -0.39 is 10.8 Å². The molecule has 1 N–H and O–H groups in total. The van der Waals surface area contributed by atoms with E-state index in [2.05, 4.69) is 5.32 Å². The maximum atomic E-state index is 11.9. The van der Waals surface area contributed by atoms with Crippen molar-refractivity contribution in [2.24, 2.45) is 0 Å². The van der Waals surface area contributed by atoms with Gasteiger partial charge in [-0.05, 0) is 19.4 Å². The molecule has 0 atom stereocenters. The number of benzene rings is 1. The van der Waals surface area contributed by atoms with E-state index in [1.165, 1.54) is 18.2 Å². The van der Waals surface area contributed by atoms with Crippen LogP contribution in [0, 0.1) is 17.0 Å². The maximum absolute atomic E-state index is 11.9. The van der Waals surface area contributed by atoms with Crippen LogP contribution in [0.1, 0.15) is 12.5 Å².